The van der Waals surface area contributed by atoms with E-state index in [0.717, 1.165) is 5.56 Å². The molecule has 1 unspecified atom stereocenters. The van der Waals surface area contributed by atoms with Crippen molar-refractivity contribution in [3.8, 4) is 0 Å². The van der Waals surface area contributed by atoms with E-state index in [1.807, 2.05) is 43.3 Å². The maximum Gasteiger partial charge on any atom is 0.325 e. The van der Waals surface area contributed by atoms with Gasteiger partial charge in [-0.2, -0.15) is 4.21 Å². The lowest BCUT2D eigenvalue weighted by atomic mass is 9.95. The van der Waals surface area contributed by atoms with E-state index in [-0.39, 0.29) is 5.78 Å². The Morgan fingerprint density at radius 3 is 2.19 bits per heavy atom. The van der Waals surface area contributed by atoms with Gasteiger partial charge in [0.15, 0.2) is 5.78 Å². The number of nitrogen functional groups attached to an aromatic ring is 1. The van der Waals surface area contributed by atoms with Crippen molar-refractivity contribution < 1.29 is 17.8 Å². The summed E-state index contributed by atoms with van der Waals surface area (Å²) in [6.07, 6.45) is 0. The van der Waals surface area contributed by atoms with Crippen LogP contribution in [0.15, 0.2) is 84.9 Å². The van der Waals surface area contributed by atoms with Crippen molar-refractivity contribution >= 4 is 45.0 Å². The number of aryl methyl sites for hydroxylation is 1. The zero-order chi connectivity index (χ0) is 22.0. The second-order valence-electron chi connectivity index (χ2n) is 7.02. The number of hydrogen-bond donors (Lipinski definition) is 2. The van der Waals surface area contributed by atoms with Gasteiger partial charge in [0.1, 0.15) is 0 Å². The molecule has 0 heterocycles. The molecular weight excluding hydrogens is 412 g/mol. The highest BCUT2D eigenvalue weighted by molar-refractivity contribution is 7.74. The number of hydrogen-bond acceptors (Lipinski definition) is 5. The zero-order valence-corrected chi connectivity index (χ0v) is 17.5. The fourth-order valence-corrected chi connectivity index (χ4v) is 3.75. The molecular formula is C24H20N2O4S. The van der Waals surface area contributed by atoms with Crippen molar-refractivity contribution in [2.75, 3.05) is 10.8 Å². The molecule has 0 aliphatic heterocycles. The third kappa shape index (κ3) is 4.20. The van der Waals surface area contributed by atoms with Crippen LogP contribution < -0.4 is 10.8 Å². The second-order valence-corrected chi connectivity index (χ2v) is 7.60. The minimum atomic E-state index is -2.59. The van der Waals surface area contributed by atoms with Gasteiger partial charge < -0.3 is 5.73 Å². The summed E-state index contributed by atoms with van der Waals surface area (Å²) in [5.74, 6) is -0.111. The third-order valence-corrected chi connectivity index (χ3v) is 5.25. The molecule has 0 saturated heterocycles. The van der Waals surface area contributed by atoms with Gasteiger partial charge in [-0.3, -0.25) is 9.35 Å². The number of carbonyl (C=O) groups is 1. The number of nitrogens with zero attached hydrogens (tertiary/aromatic N) is 1. The van der Waals surface area contributed by atoms with Crippen molar-refractivity contribution in [2.24, 2.45) is 0 Å². The first kappa shape index (κ1) is 20.7. The van der Waals surface area contributed by atoms with Crippen molar-refractivity contribution in [2.45, 2.75) is 6.92 Å². The molecule has 0 bridgehead atoms. The summed E-state index contributed by atoms with van der Waals surface area (Å²) in [7, 11) is 0. The van der Waals surface area contributed by atoms with Gasteiger partial charge in [0.05, 0.1) is 17.1 Å². The molecule has 1 atom stereocenters. The van der Waals surface area contributed by atoms with E-state index in [2.05, 4.69) is 0 Å². The fraction of sp³-hybridized carbons (Fsp3) is 0.0417. The molecule has 0 aliphatic carbocycles. The summed E-state index contributed by atoms with van der Waals surface area (Å²) in [6.45, 7) is 1.97. The van der Waals surface area contributed by atoms with E-state index >= 15 is 0 Å². The van der Waals surface area contributed by atoms with Crippen molar-refractivity contribution in [3.63, 3.8) is 0 Å². The summed E-state index contributed by atoms with van der Waals surface area (Å²) >= 11 is -2.59. The van der Waals surface area contributed by atoms with E-state index in [0.29, 0.717) is 39.0 Å². The maximum absolute atomic E-state index is 13.2. The summed E-state index contributed by atoms with van der Waals surface area (Å²) < 4.78 is 26.2. The van der Waals surface area contributed by atoms with Gasteiger partial charge in [-0.15, -0.1) is 4.28 Å². The Bertz CT molecular complexity index is 1290. The molecule has 7 heteroatoms. The van der Waals surface area contributed by atoms with Gasteiger partial charge in [-0.25, -0.2) is 5.06 Å². The van der Waals surface area contributed by atoms with Gasteiger partial charge >= 0.3 is 11.4 Å². The number of benzene rings is 4. The number of para-hydroxylation sites is 2. The number of nitrogens with two attached hydrogens (primary N) is 1. The SMILES string of the molecule is Cc1ccc(C(=O)c2ccc(N(OS(=O)O)c3ccccc3N)c3ccccc23)cc1. The molecule has 0 spiro atoms. The first-order valence-electron chi connectivity index (χ1n) is 9.53. The number of rotatable bonds is 6. The van der Waals surface area contributed by atoms with Crippen LogP contribution in [0.3, 0.4) is 0 Å². The van der Waals surface area contributed by atoms with E-state index in [4.69, 9.17) is 10.0 Å². The predicted octanol–water partition coefficient (Wildman–Crippen LogP) is 5.17. The lowest BCUT2D eigenvalue weighted by molar-refractivity contribution is 0.104. The molecule has 0 fully saturated rings. The smallest absolute Gasteiger partial charge is 0.325 e. The van der Waals surface area contributed by atoms with Gasteiger partial charge in [-0.05, 0) is 36.6 Å². The molecule has 0 radical (unpaired) electrons. The first-order chi connectivity index (χ1) is 15.0. The van der Waals surface area contributed by atoms with E-state index in [1.165, 1.54) is 5.06 Å². The summed E-state index contributed by atoms with van der Waals surface area (Å²) in [5.41, 5.74) is 9.53. The summed E-state index contributed by atoms with van der Waals surface area (Å²) in [4.78, 5) is 13.2. The van der Waals surface area contributed by atoms with Crippen LogP contribution in [0.1, 0.15) is 21.5 Å². The average Bonchev–Trinajstić information content (AvgIpc) is 2.77. The van der Waals surface area contributed by atoms with Crippen LogP contribution in [0.25, 0.3) is 10.8 Å². The highest BCUT2D eigenvalue weighted by atomic mass is 32.2. The molecule has 6 nitrogen and oxygen atoms in total. The van der Waals surface area contributed by atoms with Crippen LogP contribution in [0.2, 0.25) is 0 Å². The monoisotopic (exact) mass is 432 g/mol. The Morgan fingerprint density at radius 2 is 1.52 bits per heavy atom. The molecule has 0 amide bonds. The van der Waals surface area contributed by atoms with E-state index < -0.39 is 11.4 Å². The minimum absolute atomic E-state index is 0.111. The molecule has 4 aromatic carbocycles. The Morgan fingerprint density at radius 1 is 0.871 bits per heavy atom. The Labute approximate surface area is 182 Å². The fourth-order valence-electron chi connectivity index (χ4n) is 3.47. The molecule has 0 saturated carbocycles. The van der Waals surface area contributed by atoms with Gasteiger partial charge in [0.2, 0.25) is 0 Å². The molecule has 4 rings (SSSR count). The lowest BCUT2D eigenvalue weighted by Gasteiger charge is -2.24. The first-order valence-corrected chi connectivity index (χ1v) is 10.6. The second kappa shape index (κ2) is 8.69. The number of carbonyl (C=O) groups excluding carboxylic acids is 1. The number of anilines is 3. The van der Waals surface area contributed by atoms with Crippen LogP contribution in [-0.2, 0) is 15.6 Å². The molecule has 3 N–H and O–H groups in total. The standard InChI is InChI=1S/C24H20N2O4S/c1-16-10-12-17(13-11-16)24(27)20-14-15-22(19-7-3-2-6-18(19)20)26(30-31(28)29)23-9-5-4-8-21(23)25/h2-15H,25H2,1H3,(H,28,29). The lowest BCUT2D eigenvalue weighted by Crippen LogP contribution is -2.20. The van der Waals surface area contributed by atoms with Gasteiger partial charge in [0.25, 0.3) is 0 Å². The summed E-state index contributed by atoms with van der Waals surface area (Å²) in [6, 6.07) is 25.0. The van der Waals surface area contributed by atoms with Crippen LogP contribution >= 0.6 is 0 Å². The highest BCUT2D eigenvalue weighted by Gasteiger charge is 2.21. The molecule has 156 valence electrons. The highest BCUT2D eigenvalue weighted by Crippen LogP contribution is 2.37. The largest absolute Gasteiger partial charge is 0.397 e. The average molecular weight is 433 g/mol. The molecule has 31 heavy (non-hydrogen) atoms. The normalized spacial score (nSPS) is 11.9. The van der Waals surface area contributed by atoms with Crippen LogP contribution in [-0.4, -0.2) is 14.5 Å². The van der Waals surface area contributed by atoms with Crippen LogP contribution in [0, 0.1) is 6.92 Å². The zero-order valence-electron chi connectivity index (χ0n) is 16.7. The van der Waals surface area contributed by atoms with Crippen LogP contribution in [0.4, 0.5) is 17.1 Å². The van der Waals surface area contributed by atoms with Gasteiger partial charge in [0, 0.05) is 16.5 Å². The summed E-state index contributed by atoms with van der Waals surface area (Å²) in [5, 5.41) is 2.58. The Kier molecular flexibility index (Phi) is 5.81. The van der Waals surface area contributed by atoms with E-state index in [1.54, 1.807) is 48.5 Å². The maximum atomic E-state index is 13.2. The quantitative estimate of drug-likeness (QED) is 0.189. The van der Waals surface area contributed by atoms with E-state index in [9.17, 15) is 13.6 Å². The minimum Gasteiger partial charge on any atom is -0.397 e. The molecule has 4 aromatic rings. The van der Waals surface area contributed by atoms with Crippen molar-refractivity contribution in [1.29, 1.82) is 0 Å². The molecule has 0 aliphatic rings. The predicted molar refractivity (Wildman–Crippen MR) is 123 cm³/mol. The number of fused-ring (bicyclic) bond motifs is 1. The Balaban J connectivity index is 1.89. The van der Waals surface area contributed by atoms with Crippen LogP contribution in [0.5, 0.6) is 0 Å². The van der Waals surface area contributed by atoms with Gasteiger partial charge in [-0.1, -0.05) is 66.2 Å². The van der Waals surface area contributed by atoms with Crippen molar-refractivity contribution in [3.05, 3.63) is 102 Å². The topological polar surface area (TPSA) is 92.9 Å². The van der Waals surface area contributed by atoms with Crippen molar-refractivity contribution in [1.82, 2.24) is 0 Å². The Hall–Kier alpha value is -3.52. The third-order valence-electron chi connectivity index (χ3n) is 4.97. The molecule has 0 aromatic heterocycles. The number of ketones is 1.